The molecule has 1 aromatic carbocycles. The number of nitrogens with two attached hydrogens (primary N) is 1. The molecule has 0 aromatic heterocycles. The fraction of sp³-hybridized carbons (Fsp3) is 0.538. The van der Waals surface area contributed by atoms with E-state index in [4.69, 9.17) is 10.5 Å². The largest absolute Gasteiger partial charge is 0.496 e. The Hall–Kier alpha value is -1.22. The minimum atomic E-state index is 0.353. The minimum absolute atomic E-state index is 0.353. The number of hydrogen-bond donors (Lipinski definition) is 1. The van der Waals surface area contributed by atoms with Gasteiger partial charge in [-0.05, 0) is 30.5 Å². The molecule has 2 N–H and O–H groups in total. The molecule has 0 fully saturated rings. The Bertz CT molecular complexity index is 390. The van der Waals surface area contributed by atoms with E-state index in [1.807, 2.05) is 0 Å². The number of likely N-dealkylation sites (N-methyl/N-ethyl adjacent to an activating group) is 1. The average molecular weight is 220 g/mol. The zero-order valence-electron chi connectivity index (χ0n) is 10.3. The van der Waals surface area contributed by atoms with Crippen molar-refractivity contribution in [1.82, 2.24) is 0 Å². The van der Waals surface area contributed by atoms with Crippen LogP contribution in [0.1, 0.15) is 24.0 Å². The summed E-state index contributed by atoms with van der Waals surface area (Å²) in [5, 5.41) is 0. The number of benzene rings is 1. The van der Waals surface area contributed by atoms with Crippen LogP contribution in [0, 0.1) is 0 Å². The molecule has 0 amide bonds. The third kappa shape index (κ3) is 1.65. The van der Waals surface area contributed by atoms with Crippen LogP contribution in [0.4, 0.5) is 5.69 Å². The molecule has 1 aliphatic rings. The van der Waals surface area contributed by atoms with E-state index in [0.717, 1.165) is 18.7 Å². The Labute approximate surface area is 97.2 Å². The Balaban J connectivity index is 2.50. The average Bonchev–Trinajstić information content (AvgIpc) is 2.69. The van der Waals surface area contributed by atoms with Crippen molar-refractivity contribution in [2.45, 2.75) is 19.3 Å². The number of fused-ring (bicyclic) bond motifs is 1. The van der Waals surface area contributed by atoms with Crippen LogP contribution in [0.2, 0.25) is 0 Å². The van der Waals surface area contributed by atoms with Gasteiger partial charge in [0.05, 0.1) is 7.11 Å². The highest BCUT2D eigenvalue weighted by Gasteiger charge is 2.23. The molecule has 0 spiro atoms. The molecule has 1 aliphatic heterocycles. The van der Waals surface area contributed by atoms with Crippen LogP contribution in [0.15, 0.2) is 12.1 Å². The van der Waals surface area contributed by atoms with Crippen LogP contribution in [0.3, 0.4) is 0 Å². The van der Waals surface area contributed by atoms with Crippen LogP contribution >= 0.6 is 0 Å². The molecule has 2 rings (SSSR count). The molecule has 1 unspecified atom stereocenters. The predicted octanol–water partition coefficient (Wildman–Crippen LogP) is 1.75. The molecule has 3 nitrogen and oxygen atoms in total. The maximum atomic E-state index is 5.73. The molecule has 0 bridgehead atoms. The van der Waals surface area contributed by atoms with Crippen molar-refractivity contribution in [2.75, 3.05) is 32.1 Å². The summed E-state index contributed by atoms with van der Waals surface area (Å²) in [4.78, 5) is 2.27. The summed E-state index contributed by atoms with van der Waals surface area (Å²) in [5.41, 5.74) is 9.60. The number of nitrogens with zero attached hydrogens (tertiary/aromatic N) is 1. The van der Waals surface area contributed by atoms with E-state index in [1.54, 1.807) is 7.11 Å². The molecule has 1 atom stereocenters. The molecule has 0 saturated heterocycles. The van der Waals surface area contributed by atoms with E-state index in [1.165, 1.54) is 16.8 Å². The minimum Gasteiger partial charge on any atom is -0.496 e. The highest BCUT2D eigenvalue weighted by molar-refractivity contribution is 5.65. The summed E-state index contributed by atoms with van der Waals surface area (Å²) in [5.74, 6) is 1.39. The summed E-state index contributed by atoms with van der Waals surface area (Å²) >= 11 is 0. The first kappa shape index (κ1) is 11.3. The van der Waals surface area contributed by atoms with E-state index >= 15 is 0 Å². The van der Waals surface area contributed by atoms with Gasteiger partial charge in [-0.1, -0.05) is 13.0 Å². The van der Waals surface area contributed by atoms with Crippen LogP contribution in [-0.4, -0.2) is 27.2 Å². The summed E-state index contributed by atoms with van der Waals surface area (Å²) < 4.78 is 5.58. The zero-order chi connectivity index (χ0) is 11.7. The Morgan fingerprint density at radius 2 is 2.25 bits per heavy atom. The molecule has 16 heavy (non-hydrogen) atoms. The monoisotopic (exact) mass is 220 g/mol. The van der Waals surface area contributed by atoms with Crippen molar-refractivity contribution in [3.63, 3.8) is 0 Å². The number of rotatable bonds is 3. The second-order valence-corrected chi connectivity index (χ2v) is 4.49. The summed E-state index contributed by atoms with van der Waals surface area (Å²) in [6, 6.07) is 4.34. The third-order valence-electron chi connectivity index (χ3n) is 3.46. The SMILES string of the molecule is COc1c(C(C)CN)ccc2c1CCN2C. The first-order valence-corrected chi connectivity index (χ1v) is 5.80. The number of anilines is 1. The smallest absolute Gasteiger partial charge is 0.127 e. The number of methoxy groups -OCH3 is 1. The summed E-state index contributed by atoms with van der Waals surface area (Å²) in [6.07, 6.45) is 1.07. The van der Waals surface area contributed by atoms with Gasteiger partial charge < -0.3 is 15.4 Å². The fourth-order valence-corrected chi connectivity index (χ4v) is 2.39. The van der Waals surface area contributed by atoms with Crippen LogP contribution in [0.25, 0.3) is 0 Å². The highest BCUT2D eigenvalue weighted by atomic mass is 16.5. The van der Waals surface area contributed by atoms with Crippen molar-refractivity contribution >= 4 is 5.69 Å². The Kier molecular flexibility index (Phi) is 3.06. The molecule has 3 heteroatoms. The Morgan fingerprint density at radius 3 is 2.88 bits per heavy atom. The fourth-order valence-electron chi connectivity index (χ4n) is 2.39. The van der Waals surface area contributed by atoms with E-state index < -0.39 is 0 Å². The molecule has 88 valence electrons. The molecular weight excluding hydrogens is 200 g/mol. The molecule has 0 aliphatic carbocycles. The second kappa shape index (κ2) is 4.34. The van der Waals surface area contributed by atoms with Crippen LogP contribution in [-0.2, 0) is 6.42 Å². The molecule has 0 saturated carbocycles. The third-order valence-corrected chi connectivity index (χ3v) is 3.46. The number of ether oxygens (including phenoxy) is 1. The second-order valence-electron chi connectivity index (χ2n) is 4.49. The van der Waals surface area contributed by atoms with Crippen molar-refractivity contribution in [2.24, 2.45) is 5.73 Å². The van der Waals surface area contributed by atoms with Crippen molar-refractivity contribution in [1.29, 1.82) is 0 Å². The highest BCUT2D eigenvalue weighted by Crippen LogP contribution is 2.39. The van der Waals surface area contributed by atoms with Crippen molar-refractivity contribution in [3.8, 4) is 5.75 Å². The van der Waals surface area contributed by atoms with Gasteiger partial charge in [0.15, 0.2) is 0 Å². The van der Waals surface area contributed by atoms with Crippen LogP contribution < -0.4 is 15.4 Å². The quantitative estimate of drug-likeness (QED) is 0.843. The van der Waals surface area contributed by atoms with Gasteiger partial charge in [-0.3, -0.25) is 0 Å². The van der Waals surface area contributed by atoms with Gasteiger partial charge in [0, 0.05) is 24.8 Å². The molecule has 1 aromatic rings. The van der Waals surface area contributed by atoms with E-state index in [-0.39, 0.29) is 0 Å². The van der Waals surface area contributed by atoms with Crippen molar-refractivity contribution < 1.29 is 4.74 Å². The van der Waals surface area contributed by atoms with E-state index in [9.17, 15) is 0 Å². The lowest BCUT2D eigenvalue weighted by atomic mass is 9.96. The first-order valence-electron chi connectivity index (χ1n) is 5.80. The van der Waals surface area contributed by atoms with Crippen LogP contribution in [0.5, 0.6) is 5.75 Å². The maximum absolute atomic E-state index is 5.73. The van der Waals surface area contributed by atoms with Gasteiger partial charge in [0.1, 0.15) is 5.75 Å². The first-order chi connectivity index (χ1) is 7.69. The molecule has 1 heterocycles. The van der Waals surface area contributed by atoms with Gasteiger partial charge >= 0.3 is 0 Å². The lowest BCUT2D eigenvalue weighted by Gasteiger charge is -2.18. The van der Waals surface area contributed by atoms with Gasteiger partial charge in [-0.25, -0.2) is 0 Å². The number of hydrogen-bond acceptors (Lipinski definition) is 3. The lowest BCUT2D eigenvalue weighted by molar-refractivity contribution is 0.403. The topological polar surface area (TPSA) is 38.5 Å². The van der Waals surface area contributed by atoms with Gasteiger partial charge in [0.2, 0.25) is 0 Å². The summed E-state index contributed by atoms with van der Waals surface area (Å²) in [7, 11) is 3.87. The van der Waals surface area contributed by atoms with Gasteiger partial charge in [-0.2, -0.15) is 0 Å². The van der Waals surface area contributed by atoms with Gasteiger partial charge in [0.25, 0.3) is 0 Å². The van der Waals surface area contributed by atoms with E-state index in [0.29, 0.717) is 12.5 Å². The standard InChI is InChI=1S/C13H20N2O/c1-9(8-14)10-4-5-12-11(13(10)16-3)6-7-15(12)2/h4-5,9H,6-8,14H2,1-3H3. The molecule has 0 radical (unpaired) electrons. The van der Waals surface area contributed by atoms with E-state index in [2.05, 4.69) is 31.0 Å². The lowest BCUT2D eigenvalue weighted by Crippen LogP contribution is -2.13. The predicted molar refractivity (Wildman–Crippen MR) is 67.4 cm³/mol. The zero-order valence-corrected chi connectivity index (χ0v) is 10.3. The van der Waals surface area contributed by atoms with Crippen molar-refractivity contribution in [3.05, 3.63) is 23.3 Å². The maximum Gasteiger partial charge on any atom is 0.127 e. The van der Waals surface area contributed by atoms with Gasteiger partial charge in [-0.15, -0.1) is 0 Å². The summed E-state index contributed by atoms with van der Waals surface area (Å²) in [6.45, 7) is 3.88. The Morgan fingerprint density at radius 1 is 1.50 bits per heavy atom. The molecular formula is C13H20N2O. The normalized spacial score (nSPS) is 16.1.